The number of carbonyl (C=O) groups excluding carboxylic acids is 2. The van der Waals surface area contributed by atoms with Crippen molar-refractivity contribution in [3.63, 3.8) is 0 Å². The maximum absolute atomic E-state index is 12.8. The van der Waals surface area contributed by atoms with Crippen LogP contribution in [0.15, 0.2) is 66.9 Å². The fourth-order valence-corrected chi connectivity index (χ4v) is 2.65. The summed E-state index contributed by atoms with van der Waals surface area (Å²) in [6, 6.07) is 13.9. The predicted molar refractivity (Wildman–Crippen MR) is 97.6 cm³/mol. The number of carbonyl (C=O) groups is 2. The average molecular weight is 385 g/mol. The maximum Gasteiger partial charge on any atom is 0.416 e. The first-order valence-corrected chi connectivity index (χ1v) is 8.10. The summed E-state index contributed by atoms with van der Waals surface area (Å²) in [6.07, 6.45) is -3.05. The van der Waals surface area contributed by atoms with Gasteiger partial charge in [0.25, 0.3) is 11.8 Å². The van der Waals surface area contributed by atoms with Gasteiger partial charge in [0, 0.05) is 11.8 Å². The van der Waals surface area contributed by atoms with Crippen molar-refractivity contribution in [1.29, 1.82) is 0 Å². The Hall–Kier alpha value is -3.68. The predicted octanol–water partition coefficient (Wildman–Crippen LogP) is 4.12. The molecule has 142 valence electrons. The highest BCUT2D eigenvalue weighted by molar-refractivity contribution is 6.10. The van der Waals surface area contributed by atoms with E-state index in [1.54, 1.807) is 18.2 Å². The van der Waals surface area contributed by atoms with Gasteiger partial charge in [-0.25, -0.2) is 4.98 Å². The van der Waals surface area contributed by atoms with E-state index >= 15 is 0 Å². The molecule has 3 N–H and O–H groups in total. The number of nitrogens with two attached hydrogens (primary N) is 1. The molecule has 0 aliphatic carbocycles. The number of benzene rings is 2. The first kappa shape index (κ1) is 19.1. The fraction of sp³-hybridized carbons (Fsp3) is 0.0500. The largest absolute Gasteiger partial charge is 0.416 e. The van der Waals surface area contributed by atoms with Gasteiger partial charge in [0.2, 0.25) is 0 Å². The van der Waals surface area contributed by atoms with E-state index in [0.29, 0.717) is 11.1 Å². The first-order chi connectivity index (χ1) is 13.3. The van der Waals surface area contributed by atoms with Crippen LogP contribution >= 0.6 is 0 Å². The van der Waals surface area contributed by atoms with Crippen molar-refractivity contribution in [1.82, 2.24) is 4.98 Å². The molecule has 3 rings (SSSR count). The molecule has 5 nitrogen and oxygen atoms in total. The van der Waals surface area contributed by atoms with E-state index in [-0.39, 0.29) is 16.9 Å². The fourth-order valence-electron chi connectivity index (χ4n) is 2.65. The van der Waals surface area contributed by atoms with Crippen LogP contribution in [0.5, 0.6) is 0 Å². The second kappa shape index (κ2) is 7.51. The molecular weight excluding hydrogens is 371 g/mol. The molecule has 0 aliphatic heterocycles. The second-order valence-electron chi connectivity index (χ2n) is 5.84. The summed E-state index contributed by atoms with van der Waals surface area (Å²) in [7, 11) is 0. The molecule has 0 saturated carbocycles. The number of hydrogen-bond acceptors (Lipinski definition) is 3. The smallest absolute Gasteiger partial charge is 0.365 e. The Kier molecular flexibility index (Phi) is 5.12. The van der Waals surface area contributed by atoms with Gasteiger partial charge in [-0.1, -0.05) is 30.3 Å². The lowest BCUT2D eigenvalue weighted by Gasteiger charge is -2.12. The maximum atomic E-state index is 12.8. The van der Waals surface area contributed by atoms with Gasteiger partial charge in [-0.3, -0.25) is 9.59 Å². The topological polar surface area (TPSA) is 85.1 Å². The van der Waals surface area contributed by atoms with E-state index in [1.165, 1.54) is 36.5 Å². The quantitative estimate of drug-likeness (QED) is 0.709. The Morgan fingerprint density at radius 2 is 1.54 bits per heavy atom. The van der Waals surface area contributed by atoms with Crippen LogP contribution in [0.1, 0.15) is 26.3 Å². The Bertz CT molecular complexity index is 1030. The Morgan fingerprint density at radius 3 is 2.18 bits per heavy atom. The summed E-state index contributed by atoms with van der Waals surface area (Å²) in [6.45, 7) is 0. The van der Waals surface area contributed by atoms with Crippen molar-refractivity contribution in [2.75, 3.05) is 5.32 Å². The van der Waals surface area contributed by atoms with Gasteiger partial charge in [-0.15, -0.1) is 0 Å². The van der Waals surface area contributed by atoms with E-state index in [2.05, 4.69) is 10.3 Å². The number of hydrogen-bond donors (Lipinski definition) is 2. The number of anilines is 1. The number of halogens is 3. The van der Waals surface area contributed by atoms with Crippen molar-refractivity contribution in [3.05, 3.63) is 83.6 Å². The zero-order chi connectivity index (χ0) is 20.3. The third-order valence-corrected chi connectivity index (χ3v) is 4.00. The van der Waals surface area contributed by atoms with Crippen molar-refractivity contribution in [3.8, 4) is 11.1 Å². The molecular formula is C20H14F3N3O2. The molecule has 2 amide bonds. The monoisotopic (exact) mass is 385 g/mol. The van der Waals surface area contributed by atoms with E-state index in [9.17, 15) is 22.8 Å². The van der Waals surface area contributed by atoms with Gasteiger partial charge in [-0.05, 0) is 41.5 Å². The summed E-state index contributed by atoms with van der Waals surface area (Å²) < 4.78 is 38.3. The summed E-state index contributed by atoms with van der Waals surface area (Å²) >= 11 is 0. The molecule has 1 heterocycles. The van der Waals surface area contributed by atoms with Crippen LogP contribution in [0.25, 0.3) is 11.1 Å². The third-order valence-electron chi connectivity index (χ3n) is 4.00. The lowest BCUT2D eigenvalue weighted by atomic mass is 9.98. The number of nitrogens with zero attached hydrogens (tertiary/aromatic N) is 1. The lowest BCUT2D eigenvalue weighted by Crippen LogP contribution is -2.19. The SMILES string of the molecule is NC(=O)c1cccnc1NC(=O)c1ccccc1-c1ccc(C(F)(F)F)cc1. The van der Waals surface area contributed by atoms with E-state index in [0.717, 1.165) is 12.1 Å². The minimum atomic E-state index is -4.44. The van der Waals surface area contributed by atoms with Crippen LogP contribution in [0.4, 0.5) is 19.0 Å². The molecule has 0 unspecified atom stereocenters. The molecule has 0 aliphatic rings. The van der Waals surface area contributed by atoms with E-state index < -0.39 is 23.6 Å². The number of amides is 2. The normalized spacial score (nSPS) is 11.1. The summed E-state index contributed by atoms with van der Waals surface area (Å²) in [4.78, 5) is 28.2. The van der Waals surface area contributed by atoms with E-state index in [1.807, 2.05) is 0 Å². The lowest BCUT2D eigenvalue weighted by molar-refractivity contribution is -0.137. The number of pyridine rings is 1. The van der Waals surface area contributed by atoms with Gasteiger partial charge in [0.1, 0.15) is 5.82 Å². The summed E-state index contributed by atoms with van der Waals surface area (Å²) in [5, 5.41) is 2.52. The minimum absolute atomic E-state index is 0.00206. The van der Waals surface area contributed by atoms with Crippen LogP contribution in [0, 0.1) is 0 Å². The molecule has 0 fully saturated rings. The molecule has 0 atom stereocenters. The molecule has 8 heteroatoms. The minimum Gasteiger partial charge on any atom is -0.365 e. The number of aromatic nitrogens is 1. The molecule has 28 heavy (non-hydrogen) atoms. The van der Waals surface area contributed by atoms with Gasteiger partial charge in [0.05, 0.1) is 11.1 Å². The van der Waals surface area contributed by atoms with Gasteiger partial charge in [-0.2, -0.15) is 13.2 Å². The highest BCUT2D eigenvalue weighted by Crippen LogP contribution is 2.32. The van der Waals surface area contributed by atoms with E-state index in [4.69, 9.17) is 5.73 Å². The van der Waals surface area contributed by atoms with Crippen LogP contribution in [-0.4, -0.2) is 16.8 Å². The summed E-state index contributed by atoms with van der Waals surface area (Å²) in [5.41, 5.74) is 5.63. The Balaban J connectivity index is 1.95. The number of rotatable bonds is 4. The zero-order valence-electron chi connectivity index (χ0n) is 14.3. The van der Waals surface area contributed by atoms with Crippen molar-refractivity contribution < 1.29 is 22.8 Å². The van der Waals surface area contributed by atoms with Crippen molar-refractivity contribution in [2.45, 2.75) is 6.18 Å². The molecule has 0 spiro atoms. The number of primary amides is 1. The average Bonchev–Trinajstić information content (AvgIpc) is 2.67. The standard InChI is InChI=1S/C20H14F3N3O2/c21-20(22,23)13-9-7-12(8-10-13)14-4-1-2-5-15(14)19(28)26-18-16(17(24)27)6-3-11-25-18/h1-11H,(H2,24,27)(H,25,26,28). The first-order valence-electron chi connectivity index (χ1n) is 8.10. The van der Waals surface area contributed by atoms with Crippen molar-refractivity contribution >= 4 is 17.6 Å². The highest BCUT2D eigenvalue weighted by atomic mass is 19.4. The van der Waals surface area contributed by atoms with Crippen LogP contribution in [-0.2, 0) is 6.18 Å². The molecule has 3 aromatic rings. The molecule has 0 bridgehead atoms. The molecule has 1 aromatic heterocycles. The molecule has 0 saturated heterocycles. The van der Waals surface area contributed by atoms with Crippen LogP contribution in [0.3, 0.4) is 0 Å². The van der Waals surface area contributed by atoms with Gasteiger partial charge in [0.15, 0.2) is 0 Å². The Labute approximate surface area is 158 Å². The Morgan fingerprint density at radius 1 is 0.893 bits per heavy atom. The summed E-state index contributed by atoms with van der Waals surface area (Å²) in [5.74, 6) is -1.32. The zero-order valence-corrected chi connectivity index (χ0v) is 14.3. The number of alkyl halides is 3. The van der Waals surface area contributed by atoms with Gasteiger partial charge >= 0.3 is 6.18 Å². The third kappa shape index (κ3) is 4.01. The van der Waals surface area contributed by atoms with Crippen LogP contribution in [0.2, 0.25) is 0 Å². The number of nitrogens with one attached hydrogen (secondary N) is 1. The molecule has 0 radical (unpaired) electrons. The van der Waals surface area contributed by atoms with Crippen LogP contribution < -0.4 is 11.1 Å². The highest BCUT2D eigenvalue weighted by Gasteiger charge is 2.30. The molecule has 2 aromatic carbocycles. The van der Waals surface area contributed by atoms with Gasteiger partial charge < -0.3 is 11.1 Å². The second-order valence-corrected chi connectivity index (χ2v) is 5.84. The van der Waals surface area contributed by atoms with Crippen molar-refractivity contribution in [2.24, 2.45) is 5.73 Å².